The van der Waals surface area contributed by atoms with Crippen molar-refractivity contribution in [1.29, 1.82) is 0 Å². The lowest BCUT2D eigenvalue weighted by molar-refractivity contribution is -0.132. The highest BCUT2D eigenvalue weighted by Crippen LogP contribution is 2.44. The number of ketones is 1. The van der Waals surface area contributed by atoms with Gasteiger partial charge in [-0.1, -0.05) is 35.9 Å². The first-order valence-electron chi connectivity index (χ1n) is 9.52. The Balaban J connectivity index is 2.00. The van der Waals surface area contributed by atoms with Gasteiger partial charge in [-0.15, -0.1) is 0 Å². The third-order valence-corrected chi connectivity index (χ3v) is 5.49. The second kappa shape index (κ2) is 8.36. The standard InChI is InChI=1S/C24H17ClFNO5/c1-32-19-10-8-14(26)12-16(19)22(29)20-21(13-7-9-18(28)17(25)11-13)27(24(31)23(20)30)15-5-3-2-4-6-15/h2-12,21,28-29H,1H3/b22-20+. The first-order valence-corrected chi connectivity index (χ1v) is 9.89. The molecule has 0 aliphatic carbocycles. The number of aromatic hydroxyl groups is 1. The van der Waals surface area contributed by atoms with Crippen LogP contribution >= 0.6 is 11.6 Å². The number of para-hydroxylation sites is 1. The molecule has 1 aliphatic heterocycles. The zero-order valence-electron chi connectivity index (χ0n) is 16.8. The predicted octanol–water partition coefficient (Wildman–Crippen LogP) is 4.82. The molecule has 32 heavy (non-hydrogen) atoms. The number of benzene rings is 3. The molecule has 1 heterocycles. The second-order valence-electron chi connectivity index (χ2n) is 7.06. The second-order valence-corrected chi connectivity index (χ2v) is 7.47. The fourth-order valence-electron chi connectivity index (χ4n) is 3.71. The number of hydrogen-bond donors (Lipinski definition) is 2. The third kappa shape index (κ3) is 3.56. The lowest BCUT2D eigenvalue weighted by Gasteiger charge is -2.25. The Kier molecular flexibility index (Phi) is 5.59. The van der Waals surface area contributed by atoms with Crippen LogP contribution in [0, 0.1) is 5.82 Å². The molecular formula is C24H17ClFNO5. The van der Waals surface area contributed by atoms with Crippen LogP contribution in [0.5, 0.6) is 11.5 Å². The molecule has 2 N–H and O–H groups in total. The molecule has 0 spiro atoms. The Morgan fingerprint density at radius 3 is 2.44 bits per heavy atom. The van der Waals surface area contributed by atoms with E-state index >= 15 is 0 Å². The van der Waals surface area contributed by atoms with Crippen molar-refractivity contribution in [2.75, 3.05) is 12.0 Å². The summed E-state index contributed by atoms with van der Waals surface area (Å²) in [5.41, 5.74) is 0.444. The lowest BCUT2D eigenvalue weighted by atomic mass is 9.94. The Bertz CT molecular complexity index is 1260. The first-order chi connectivity index (χ1) is 15.3. The van der Waals surface area contributed by atoms with Crippen LogP contribution in [0.3, 0.4) is 0 Å². The normalized spacial score (nSPS) is 17.6. The molecule has 1 fully saturated rings. The van der Waals surface area contributed by atoms with Crippen LogP contribution in [0.2, 0.25) is 5.02 Å². The average Bonchev–Trinajstić information content (AvgIpc) is 3.06. The Morgan fingerprint density at radius 1 is 1.06 bits per heavy atom. The number of carbonyl (C=O) groups is 2. The van der Waals surface area contributed by atoms with Gasteiger partial charge in [-0.25, -0.2) is 4.39 Å². The number of Topliss-reactive ketones (excluding diaryl/α,β-unsaturated/α-hetero) is 1. The molecule has 0 bridgehead atoms. The molecule has 1 aliphatic rings. The highest BCUT2D eigenvalue weighted by molar-refractivity contribution is 6.51. The highest BCUT2D eigenvalue weighted by Gasteiger charge is 2.47. The number of hydrogen-bond acceptors (Lipinski definition) is 5. The SMILES string of the molecule is COc1ccc(F)cc1/C(O)=C1\C(=O)C(=O)N(c2ccccc2)C1c1ccc(O)c(Cl)c1. The molecule has 3 aromatic carbocycles. The van der Waals surface area contributed by atoms with Crippen LogP contribution in [-0.2, 0) is 9.59 Å². The van der Waals surface area contributed by atoms with Crippen LogP contribution < -0.4 is 9.64 Å². The lowest BCUT2D eigenvalue weighted by Crippen LogP contribution is -2.29. The van der Waals surface area contributed by atoms with Gasteiger partial charge >= 0.3 is 0 Å². The van der Waals surface area contributed by atoms with Gasteiger partial charge in [0.25, 0.3) is 11.7 Å². The van der Waals surface area contributed by atoms with Gasteiger partial charge in [0, 0.05) is 5.69 Å². The van der Waals surface area contributed by atoms with E-state index in [9.17, 15) is 24.2 Å². The van der Waals surface area contributed by atoms with Crippen molar-refractivity contribution in [2.45, 2.75) is 6.04 Å². The predicted molar refractivity (Wildman–Crippen MR) is 117 cm³/mol. The monoisotopic (exact) mass is 453 g/mol. The van der Waals surface area contributed by atoms with Crippen LogP contribution in [-0.4, -0.2) is 29.0 Å². The number of phenolic OH excluding ortho intramolecular Hbond substituents is 1. The van der Waals surface area contributed by atoms with E-state index in [4.69, 9.17) is 16.3 Å². The van der Waals surface area contributed by atoms with Crippen molar-refractivity contribution in [2.24, 2.45) is 0 Å². The van der Waals surface area contributed by atoms with Crippen LogP contribution in [0.15, 0.2) is 72.3 Å². The maximum Gasteiger partial charge on any atom is 0.300 e. The molecule has 1 saturated heterocycles. The summed E-state index contributed by atoms with van der Waals surface area (Å²) in [6.45, 7) is 0. The minimum absolute atomic E-state index is 0.00415. The minimum atomic E-state index is -1.08. The van der Waals surface area contributed by atoms with E-state index in [1.165, 1.54) is 36.3 Å². The van der Waals surface area contributed by atoms with E-state index in [1.807, 2.05) is 0 Å². The third-order valence-electron chi connectivity index (χ3n) is 5.18. The van der Waals surface area contributed by atoms with Gasteiger partial charge in [0.2, 0.25) is 0 Å². The fraction of sp³-hybridized carbons (Fsp3) is 0.0833. The molecule has 4 rings (SSSR count). The average molecular weight is 454 g/mol. The van der Waals surface area contributed by atoms with Crippen LogP contribution in [0.4, 0.5) is 10.1 Å². The van der Waals surface area contributed by atoms with Crippen molar-refractivity contribution < 1.29 is 28.9 Å². The number of ether oxygens (including phenoxy) is 1. The summed E-state index contributed by atoms with van der Waals surface area (Å²) in [5, 5.41) is 20.9. The molecule has 162 valence electrons. The Labute approximate surface area is 187 Å². The molecule has 1 amide bonds. The van der Waals surface area contributed by atoms with Crippen molar-refractivity contribution >= 4 is 34.7 Å². The molecule has 6 nitrogen and oxygen atoms in total. The molecule has 1 atom stereocenters. The van der Waals surface area contributed by atoms with E-state index in [-0.39, 0.29) is 27.7 Å². The van der Waals surface area contributed by atoms with Crippen molar-refractivity contribution in [3.05, 3.63) is 94.3 Å². The van der Waals surface area contributed by atoms with E-state index in [1.54, 1.807) is 30.3 Å². The van der Waals surface area contributed by atoms with E-state index < -0.39 is 29.3 Å². The van der Waals surface area contributed by atoms with E-state index in [2.05, 4.69) is 0 Å². The number of aliphatic hydroxyl groups excluding tert-OH is 1. The van der Waals surface area contributed by atoms with Gasteiger partial charge < -0.3 is 14.9 Å². The number of nitrogens with zero attached hydrogens (tertiary/aromatic N) is 1. The number of carbonyl (C=O) groups excluding carboxylic acids is 2. The largest absolute Gasteiger partial charge is 0.507 e. The zero-order valence-corrected chi connectivity index (χ0v) is 17.5. The van der Waals surface area contributed by atoms with Crippen molar-refractivity contribution in [1.82, 2.24) is 0 Å². The molecule has 0 aromatic heterocycles. The number of halogens is 2. The zero-order chi connectivity index (χ0) is 23.0. The van der Waals surface area contributed by atoms with Crippen LogP contribution in [0.25, 0.3) is 5.76 Å². The highest BCUT2D eigenvalue weighted by atomic mass is 35.5. The van der Waals surface area contributed by atoms with E-state index in [0.29, 0.717) is 11.3 Å². The van der Waals surface area contributed by atoms with Gasteiger partial charge in [0.15, 0.2) is 0 Å². The number of aliphatic hydroxyl groups is 1. The summed E-state index contributed by atoms with van der Waals surface area (Å²) in [4.78, 5) is 27.4. The fourth-order valence-corrected chi connectivity index (χ4v) is 3.90. The molecule has 8 heteroatoms. The number of phenols is 1. The van der Waals surface area contributed by atoms with Gasteiger partial charge in [-0.2, -0.15) is 0 Å². The smallest absolute Gasteiger partial charge is 0.300 e. The van der Waals surface area contributed by atoms with Crippen molar-refractivity contribution in [3.8, 4) is 11.5 Å². The van der Waals surface area contributed by atoms with Crippen molar-refractivity contribution in [3.63, 3.8) is 0 Å². The Hall–Kier alpha value is -3.84. The summed E-state index contributed by atoms with van der Waals surface area (Å²) in [5.74, 6) is -3.13. The van der Waals surface area contributed by atoms with Gasteiger partial charge in [-0.3, -0.25) is 14.5 Å². The van der Waals surface area contributed by atoms with Gasteiger partial charge in [-0.05, 0) is 48.0 Å². The molecular weight excluding hydrogens is 437 g/mol. The van der Waals surface area contributed by atoms with E-state index in [0.717, 1.165) is 12.1 Å². The topological polar surface area (TPSA) is 87.1 Å². The summed E-state index contributed by atoms with van der Waals surface area (Å²) in [6, 6.07) is 15.1. The maximum absolute atomic E-state index is 14.0. The molecule has 3 aromatic rings. The van der Waals surface area contributed by atoms with Gasteiger partial charge in [0.05, 0.1) is 29.3 Å². The summed E-state index contributed by atoms with van der Waals surface area (Å²) in [7, 11) is 1.34. The number of methoxy groups -OCH3 is 1. The summed E-state index contributed by atoms with van der Waals surface area (Å²) >= 11 is 6.08. The van der Waals surface area contributed by atoms with Gasteiger partial charge in [0.1, 0.15) is 23.1 Å². The minimum Gasteiger partial charge on any atom is -0.507 e. The summed E-state index contributed by atoms with van der Waals surface area (Å²) < 4.78 is 19.2. The number of anilines is 1. The molecule has 1 unspecified atom stereocenters. The molecule has 0 radical (unpaired) electrons. The maximum atomic E-state index is 14.0. The summed E-state index contributed by atoms with van der Waals surface area (Å²) in [6.07, 6.45) is 0. The first kappa shape index (κ1) is 21.4. The number of rotatable bonds is 4. The Morgan fingerprint density at radius 2 is 1.78 bits per heavy atom. The number of amides is 1. The molecule has 0 saturated carbocycles. The quantitative estimate of drug-likeness (QED) is 0.336. The van der Waals surface area contributed by atoms with Crippen LogP contribution in [0.1, 0.15) is 17.2 Å².